The predicted octanol–water partition coefficient (Wildman–Crippen LogP) is 3.25. The van der Waals surface area contributed by atoms with Gasteiger partial charge in [0.1, 0.15) is 5.69 Å². The first-order chi connectivity index (χ1) is 13.6. The van der Waals surface area contributed by atoms with E-state index in [4.69, 9.17) is 9.26 Å². The van der Waals surface area contributed by atoms with Gasteiger partial charge in [-0.3, -0.25) is 9.59 Å². The molecule has 4 aliphatic carbocycles. The molecule has 0 radical (unpaired) electrons. The van der Waals surface area contributed by atoms with Crippen molar-refractivity contribution in [3.63, 3.8) is 0 Å². The van der Waals surface area contributed by atoms with Gasteiger partial charge in [0.25, 0.3) is 5.91 Å². The molecular formula is C22H26N2O4. The van der Waals surface area contributed by atoms with Crippen LogP contribution in [0, 0.1) is 23.2 Å². The highest BCUT2D eigenvalue weighted by atomic mass is 16.5. The van der Waals surface area contributed by atoms with Gasteiger partial charge in [-0.15, -0.1) is 0 Å². The van der Waals surface area contributed by atoms with Crippen LogP contribution in [0.3, 0.4) is 0 Å². The van der Waals surface area contributed by atoms with E-state index in [9.17, 15) is 9.59 Å². The molecule has 6 rings (SSSR count). The van der Waals surface area contributed by atoms with Crippen molar-refractivity contribution in [1.29, 1.82) is 0 Å². The molecule has 6 heteroatoms. The quantitative estimate of drug-likeness (QED) is 0.776. The Morgan fingerprint density at radius 1 is 1.11 bits per heavy atom. The highest BCUT2D eigenvalue weighted by Crippen LogP contribution is 2.59. The zero-order valence-electron chi connectivity index (χ0n) is 16.0. The van der Waals surface area contributed by atoms with Gasteiger partial charge < -0.3 is 14.6 Å². The third-order valence-corrected chi connectivity index (χ3v) is 6.95. The summed E-state index contributed by atoms with van der Waals surface area (Å²) in [6.07, 6.45) is 7.92. The largest absolute Gasteiger partial charge is 0.455 e. The smallest absolute Gasteiger partial charge is 0.312 e. The summed E-state index contributed by atoms with van der Waals surface area (Å²) in [5.41, 5.74) is 1.46. The van der Waals surface area contributed by atoms with Crippen LogP contribution < -0.4 is 5.32 Å². The van der Waals surface area contributed by atoms with Gasteiger partial charge in [-0.1, -0.05) is 17.3 Å². The number of hydrogen-bond donors (Lipinski definition) is 1. The lowest BCUT2D eigenvalue weighted by molar-refractivity contribution is -0.148. The maximum Gasteiger partial charge on any atom is 0.312 e. The lowest BCUT2D eigenvalue weighted by Gasteiger charge is -2.56. The van der Waals surface area contributed by atoms with Crippen LogP contribution in [0.2, 0.25) is 0 Å². The van der Waals surface area contributed by atoms with Crippen molar-refractivity contribution in [2.75, 3.05) is 13.2 Å². The minimum atomic E-state index is -0.469. The number of benzene rings is 1. The van der Waals surface area contributed by atoms with Gasteiger partial charge in [0.05, 0.1) is 6.42 Å². The Balaban J connectivity index is 1.10. The molecule has 0 saturated heterocycles. The topological polar surface area (TPSA) is 81.4 Å². The number of fused-ring (bicyclic) bond motifs is 1. The summed E-state index contributed by atoms with van der Waals surface area (Å²) in [5.74, 6) is 1.90. The van der Waals surface area contributed by atoms with Gasteiger partial charge in [-0.2, -0.15) is 0 Å². The van der Waals surface area contributed by atoms with E-state index in [1.54, 1.807) is 6.07 Å². The SMILES string of the molecule is O=C(COC(=O)Cc1noc2ccccc12)NCC12CC3CC(CC(C3)C1)C2. The number of amides is 1. The van der Waals surface area contributed by atoms with Crippen LogP contribution in [0.25, 0.3) is 11.0 Å². The van der Waals surface area contributed by atoms with E-state index in [0.29, 0.717) is 11.3 Å². The van der Waals surface area contributed by atoms with Crippen molar-refractivity contribution >= 4 is 22.8 Å². The second-order valence-corrected chi connectivity index (χ2v) is 9.16. The van der Waals surface area contributed by atoms with Crippen LogP contribution in [0.5, 0.6) is 0 Å². The molecule has 0 aliphatic heterocycles. The summed E-state index contributed by atoms with van der Waals surface area (Å²) in [5, 5.41) is 7.76. The molecule has 0 spiro atoms. The average Bonchev–Trinajstić information content (AvgIpc) is 3.07. The molecule has 4 aliphatic rings. The van der Waals surface area contributed by atoms with E-state index < -0.39 is 5.97 Å². The van der Waals surface area contributed by atoms with E-state index in [1.807, 2.05) is 18.2 Å². The number of carbonyl (C=O) groups excluding carboxylic acids is 2. The summed E-state index contributed by atoms with van der Waals surface area (Å²) in [6.45, 7) is 0.488. The predicted molar refractivity (Wildman–Crippen MR) is 102 cm³/mol. The van der Waals surface area contributed by atoms with Gasteiger partial charge in [-0.05, 0) is 73.8 Å². The summed E-state index contributed by atoms with van der Waals surface area (Å²) in [7, 11) is 0. The van der Waals surface area contributed by atoms with E-state index in [2.05, 4.69) is 10.5 Å². The Morgan fingerprint density at radius 3 is 2.50 bits per heavy atom. The summed E-state index contributed by atoms with van der Waals surface area (Å²) < 4.78 is 10.4. The first-order valence-corrected chi connectivity index (χ1v) is 10.3. The third-order valence-electron chi connectivity index (χ3n) is 6.95. The minimum absolute atomic E-state index is 0.000723. The lowest BCUT2D eigenvalue weighted by atomic mass is 9.49. The van der Waals surface area contributed by atoms with Crippen LogP contribution in [0.4, 0.5) is 0 Å². The van der Waals surface area contributed by atoms with Gasteiger partial charge >= 0.3 is 5.97 Å². The van der Waals surface area contributed by atoms with Crippen molar-refractivity contribution in [3.8, 4) is 0 Å². The Labute approximate surface area is 164 Å². The summed E-state index contributed by atoms with van der Waals surface area (Å²) >= 11 is 0. The number of aromatic nitrogens is 1. The average molecular weight is 382 g/mol. The fourth-order valence-electron chi connectivity index (χ4n) is 6.24. The van der Waals surface area contributed by atoms with Gasteiger partial charge in [0.15, 0.2) is 12.2 Å². The van der Waals surface area contributed by atoms with Crippen molar-refractivity contribution in [3.05, 3.63) is 30.0 Å². The van der Waals surface area contributed by atoms with Crippen molar-refractivity contribution in [2.24, 2.45) is 23.2 Å². The normalized spacial score (nSPS) is 30.5. The van der Waals surface area contributed by atoms with E-state index in [1.165, 1.54) is 38.5 Å². The highest BCUT2D eigenvalue weighted by molar-refractivity contribution is 5.85. The molecule has 4 saturated carbocycles. The molecule has 1 aromatic heterocycles. The number of carbonyl (C=O) groups is 2. The highest BCUT2D eigenvalue weighted by Gasteiger charge is 2.50. The Morgan fingerprint density at radius 2 is 1.79 bits per heavy atom. The maximum atomic E-state index is 12.2. The minimum Gasteiger partial charge on any atom is -0.455 e. The third kappa shape index (κ3) is 3.40. The van der Waals surface area contributed by atoms with Crippen LogP contribution >= 0.6 is 0 Å². The zero-order valence-corrected chi connectivity index (χ0v) is 16.0. The summed E-state index contributed by atoms with van der Waals surface area (Å²) in [4.78, 5) is 24.3. The number of hydrogen-bond acceptors (Lipinski definition) is 5. The first kappa shape index (κ1) is 17.7. The molecule has 28 heavy (non-hydrogen) atoms. The molecule has 1 amide bonds. The Bertz CT molecular complexity index is 868. The molecule has 0 unspecified atom stereocenters. The molecule has 0 atom stereocenters. The molecule has 1 aromatic carbocycles. The first-order valence-electron chi connectivity index (χ1n) is 10.3. The fraction of sp³-hybridized carbons (Fsp3) is 0.591. The maximum absolute atomic E-state index is 12.2. The fourth-order valence-corrected chi connectivity index (χ4v) is 6.24. The second-order valence-electron chi connectivity index (χ2n) is 9.16. The monoisotopic (exact) mass is 382 g/mol. The number of nitrogens with one attached hydrogen (secondary N) is 1. The van der Waals surface area contributed by atoms with Crippen molar-refractivity contribution in [2.45, 2.75) is 44.9 Å². The van der Waals surface area contributed by atoms with Gasteiger partial charge in [0.2, 0.25) is 0 Å². The Kier molecular flexibility index (Phi) is 4.37. The molecule has 6 nitrogen and oxygen atoms in total. The number of ether oxygens (including phenoxy) is 1. The van der Waals surface area contributed by atoms with Crippen molar-refractivity contribution < 1.29 is 18.8 Å². The Hall–Kier alpha value is -2.37. The van der Waals surface area contributed by atoms with E-state index in [-0.39, 0.29) is 24.3 Å². The summed E-state index contributed by atoms with van der Waals surface area (Å²) in [6, 6.07) is 7.37. The van der Waals surface area contributed by atoms with Gasteiger partial charge in [-0.25, -0.2) is 0 Å². The molecule has 2 aromatic rings. The van der Waals surface area contributed by atoms with E-state index in [0.717, 1.165) is 29.7 Å². The van der Waals surface area contributed by atoms with Crippen LogP contribution in [-0.4, -0.2) is 30.2 Å². The number of para-hydroxylation sites is 1. The molecule has 1 heterocycles. The van der Waals surface area contributed by atoms with Crippen LogP contribution in [0.1, 0.15) is 44.2 Å². The van der Waals surface area contributed by atoms with Gasteiger partial charge in [0, 0.05) is 11.9 Å². The molecule has 4 bridgehead atoms. The van der Waals surface area contributed by atoms with E-state index >= 15 is 0 Å². The lowest BCUT2D eigenvalue weighted by Crippen LogP contribution is -2.51. The molecule has 1 N–H and O–H groups in total. The standard InChI is InChI=1S/C22H26N2O4/c25-20(23-13-22-9-14-5-15(10-22)7-16(6-14)11-22)12-27-21(26)8-18-17-3-1-2-4-19(17)28-24-18/h1-4,14-16H,5-13H2,(H,23,25). The molecule has 4 fully saturated rings. The van der Waals surface area contributed by atoms with Crippen LogP contribution in [-0.2, 0) is 20.7 Å². The van der Waals surface area contributed by atoms with Crippen molar-refractivity contribution in [1.82, 2.24) is 10.5 Å². The number of esters is 1. The number of rotatable bonds is 6. The molecular weight excluding hydrogens is 356 g/mol. The second kappa shape index (κ2) is 6.90. The molecule has 148 valence electrons. The van der Waals surface area contributed by atoms with Crippen LogP contribution in [0.15, 0.2) is 28.8 Å². The zero-order chi connectivity index (χ0) is 19.1. The number of nitrogens with zero attached hydrogens (tertiary/aromatic N) is 1.